The number of phenols is 6. The first-order valence-corrected chi connectivity index (χ1v) is 40.8. The topological polar surface area (TPSA) is 257 Å². The maximum atomic E-state index is 11.9. The molecule has 12 aromatic rings. The van der Waals surface area contributed by atoms with E-state index >= 15 is 0 Å². The maximum Gasteiger partial charge on any atom is 1.00 e. The Morgan fingerprint density at radius 3 is 0.832 bits per heavy atom. The summed E-state index contributed by atoms with van der Waals surface area (Å²) in [6.45, 7) is 2.98. The van der Waals surface area contributed by atoms with Gasteiger partial charge < -0.3 is 52.0 Å². The number of hydrogen-bond acceptors (Lipinski definition) is 14. The number of ether oxygens (including phenoxy) is 3. The second kappa shape index (κ2) is 56.6. The van der Waals surface area contributed by atoms with Crippen LogP contribution in [0.4, 0.5) is 0 Å². The third-order valence-electron chi connectivity index (χ3n) is 17.5. The van der Waals surface area contributed by atoms with Gasteiger partial charge in [-0.3, -0.25) is 9.59 Å². The van der Waals surface area contributed by atoms with Gasteiger partial charge >= 0.3 is 18.9 Å². The Hall–Kier alpha value is -10.7. The summed E-state index contributed by atoms with van der Waals surface area (Å²) in [5, 5.41) is 73.6. The van der Waals surface area contributed by atoms with Crippen molar-refractivity contribution in [2.75, 3.05) is 61.8 Å². The van der Waals surface area contributed by atoms with E-state index in [-0.39, 0.29) is 90.3 Å². The largest absolute Gasteiger partial charge is 1.00 e. The minimum absolute atomic E-state index is 0. The summed E-state index contributed by atoms with van der Waals surface area (Å²) in [7, 11) is 0. The Labute approximate surface area is 750 Å². The number of rotatable bonds is 25. The van der Waals surface area contributed by atoms with E-state index in [1.54, 1.807) is 84.9 Å². The first-order chi connectivity index (χ1) is 57.1. The van der Waals surface area contributed by atoms with Gasteiger partial charge in [0, 0.05) is 66.4 Å². The molecule has 608 valence electrons. The van der Waals surface area contributed by atoms with Crippen molar-refractivity contribution >= 4 is 125 Å². The number of nitriles is 2. The molecule has 13 rings (SSSR count). The maximum absolute atomic E-state index is 11.9. The fourth-order valence-electron chi connectivity index (χ4n) is 12.0. The second-order valence-corrected chi connectivity index (χ2v) is 27.6. The van der Waals surface area contributed by atoms with E-state index < -0.39 is 0 Å². The molecule has 1 aliphatic rings. The normalized spacial score (nSPS) is 11.1. The minimum Gasteiger partial charge on any atom is -1.00 e. The molecule has 0 bridgehead atoms. The summed E-state index contributed by atoms with van der Waals surface area (Å²) in [6.07, 6.45) is 5.12. The molecule has 0 saturated carbocycles. The smallest absolute Gasteiger partial charge is 1.00 e. The van der Waals surface area contributed by atoms with Crippen molar-refractivity contribution in [3.63, 3.8) is 0 Å². The molecule has 14 nitrogen and oxygen atoms in total. The van der Waals surface area contributed by atoms with Gasteiger partial charge in [-0.15, -0.1) is 46.4 Å². The van der Waals surface area contributed by atoms with Gasteiger partial charge in [0.15, 0.2) is 35.5 Å². The Morgan fingerprint density at radius 2 is 0.605 bits per heavy atom. The van der Waals surface area contributed by atoms with Crippen LogP contribution < -0.4 is 34.1 Å². The first-order valence-electron chi connectivity index (χ1n) is 37.6. The molecule has 119 heavy (non-hydrogen) atoms. The molecule has 1 heterocycles. The van der Waals surface area contributed by atoms with Crippen molar-refractivity contribution < 1.29 is 74.7 Å². The Kier molecular flexibility index (Phi) is 47.0. The molecule has 21 heteroatoms. The van der Waals surface area contributed by atoms with Crippen LogP contribution in [0.25, 0.3) is 33.4 Å². The van der Waals surface area contributed by atoms with Crippen molar-refractivity contribution in [3.05, 3.63) is 382 Å². The number of hydrogen-bond donors (Lipinski definition) is 7. The molecule has 12 aromatic carbocycles. The van der Waals surface area contributed by atoms with Gasteiger partial charge in [-0.2, -0.15) is 10.5 Å². The zero-order valence-corrected chi connectivity index (χ0v) is 70.0. The number of nitrogens with zero attached hydrogens (tertiary/aromatic N) is 2. The summed E-state index contributed by atoms with van der Waals surface area (Å²) < 4.78 is 15.9. The molecule has 0 aliphatic carbocycles. The molecule has 1 aliphatic heterocycles. The van der Waals surface area contributed by atoms with E-state index in [1.165, 1.54) is 37.1 Å². The van der Waals surface area contributed by atoms with Gasteiger partial charge in [0.05, 0.1) is 11.4 Å². The van der Waals surface area contributed by atoms with Crippen molar-refractivity contribution in [1.29, 1.82) is 10.5 Å². The average molecular weight is 1750 g/mol. The molecular formula is C98H96AlBrCl4LiN3O11. The SMILES string of the molecule is C1CCOC1.N#CCBr.N#CCOc1ccc(/C(=C(/CCCl)c2ccccc2)c2ccc(O)cc2)cc1.NCCOc1ccc(/C(=C(/CCCl)c2ccccc2)c2ccc(O)cc2)cc1.O=C(CCCl)c1ccccc1.O=C(c1ccc(O)cc1)c1ccc(O)cc1.Oc1ccc(C(=C(CCCl)c2ccccc2)c2ccc(O)cc2)cc1.[AlH3].[H-].[Li+]. The fourth-order valence-corrected chi connectivity index (χ4v) is 12.7. The van der Waals surface area contributed by atoms with Gasteiger partial charge in [0.2, 0.25) is 0 Å². The van der Waals surface area contributed by atoms with Gasteiger partial charge in [-0.25, -0.2) is 0 Å². The number of carbonyl (C=O) groups excluding carboxylic acids is 2. The molecule has 8 N–H and O–H groups in total. The molecule has 1 fully saturated rings. The molecule has 0 atom stereocenters. The number of carbonyl (C=O) groups is 2. The predicted octanol–water partition coefficient (Wildman–Crippen LogP) is 19.3. The predicted molar refractivity (Wildman–Crippen MR) is 490 cm³/mol. The first kappa shape index (κ1) is 98.8. The number of allylic oxidation sites excluding steroid dienone is 3. The molecule has 0 spiro atoms. The molecule has 1 saturated heterocycles. The van der Waals surface area contributed by atoms with Gasteiger partial charge in [-0.05, 0) is 237 Å². The number of ketones is 2. The Bertz CT molecular complexity index is 5010. The standard InChI is InChI=1S/C24H24ClNO2.C24H20ClNO2.C22H19ClO2.C13H10O3.C9H9ClO.C4H8O.C2H2BrN.Al.Li.4H/c2*25-15-14-23(18-4-2-1-3-5-18)24(19-6-10-21(27)11-7-19)20-8-12-22(13-9-20)28-17-16-26;23-15-14-21(16-4-2-1-3-5-16)22(17-6-10-19(24)11-7-17)18-8-12-20(25)13-9-18;14-11-5-1-9(2-6-11)13(16)10-3-7-12(15)8-4-10;10-7-6-9(11)8-4-2-1-3-5-8;1-2-4-5-3-1;3-1-2-4;;;;;;/h1-13,27H,14-17,26H2;1-13,27H,14-15,17H2;1-13,24-25H,14-15H2;1-8,14-15H;1-5H,6-7H2;1-4H2;1H2;;;;;;/q;;;;;;;;+1;;;;-1/b2*24-23-;;;;;;;;;;;. The van der Waals surface area contributed by atoms with E-state index in [1.807, 2.05) is 182 Å². The summed E-state index contributed by atoms with van der Waals surface area (Å²) in [5.74, 6) is 4.50. The van der Waals surface area contributed by atoms with Crippen LogP contribution >= 0.6 is 62.3 Å². The second-order valence-electron chi connectivity index (χ2n) is 25.6. The molecule has 0 amide bonds. The van der Waals surface area contributed by atoms with E-state index in [0.717, 1.165) is 114 Å². The number of aromatic hydroxyl groups is 6. The van der Waals surface area contributed by atoms with Crippen LogP contribution in [0.15, 0.2) is 315 Å². The molecule has 0 aromatic heterocycles. The molecule has 0 radical (unpaired) electrons. The Balaban J connectivity index is 0.000000312. The van der Waals surface area contributed by atoms with E-state index in [2.05, 4.69) is 52.3 Å². The number of halogens is 5. The van der Waals surface area contributed by atoms with Crippen molar-refractivity contribution in [3.8, 4) is 58.1 Å². The van der Waals surface area contributed by atoms with Crippen LogP contribution in [-0.4, -0.2) is 121 Å². The van der Waals surface area contributed by atoms with Gasteiger partial charge in [-0.1, -0.05) is 210 Å². The van der Waals surface area contributed by atoms with Gasteiger partial charge in [0.25, 0.3) is 0 Å². The number of alkyl halides is 5. The monoisotopic (exact) mass is 1740 g/mol. The number of phenolic OH excluding ortho intramolecular Hbond substituents is 6. The van der Waals surface area contributed by atoms with E-state index in [4.69, 9.17) is 87.1 Å². The molecular weight excluding hydrogens is 1650 g/mol. The summed E-state index contributed by atoms with van der Waals surface area (Å²) >= 11 is 26.7. The minimum atomic E-state index is -0.139. The fraction of sp³-hybridized carbons (Fsp3) is 0.163. The van der Waals surface area contributed by atoms with Crippen LogP contribution in [0.3, 0.4) is 0 Å². The average Bonchev–Trinajstić information content (AvgIpc) is 0.985. The summed E-state index contributed by atoms with van der Waals surface area (Å²) in [6, 6.07) is 100. The van der Waals surface area contributed by atoms with Crippen LogP contribution in [0.2, 0.25) is 0 Å². The van der Waals surface area contributed by atoms with Gasteiger partial charge in [0.1, 0.15) is 58.7 Å². The number of nitrogens with two attached hydrogens (primary N) is 1. The van der Waals surface area contributed by atoms with Crippen LogP contribution in [0.5, 0.6) is 46.0 Å². The third-order valence-corrected chi connectivity index (χ3v) is 18.5. The number of Topliss-reactive ketones (excluding diaryl/α,β-unsaturated/α-hetero) is 1. The van der Waals surface area contributed by atoms with Crippen LogP contribution in [-0.2, 0) is 4.74 Å². The van der Waals surface area contributed by atoms with Crippen molar-refractivity contribution in [2.24, 2.45) is 5.73 Å². The van der Waals surface area contributed by atoms with Crippen LogP contribution in [0.1, 0.15) is 116 Å². The third kappa shape index (κ3) is 33.9. The van der Waals surface area contributed by atoms with Crippen molar-refractivity contribution in [2.45, 2.75) is 38.5 Å². The zero-order chi connectivity index (χ0) is 83.8. The summed E-state index contributed by atoms with van der Waals surface area (Å²) in [4.78, 5) is 23.1. The molecule has 0 unspecified atom stereocenters. The Morgan fingerprint density at radius 1 is 0.361 bits per heavy atom. The van der Waals surface area contributed by atoms with Crippen LogP contribution in [0, 0.1) is 22.7 Å². The quantitative estimate of drug-likeness (QED) is 0.0122. The van der Waals surface area contributed by atoms with Crippen molar-refractivity contribution in [1.82, 2.24) is 0 Å². The summed E-state index contributed by atoms with van der Waals surface area (Å²) in [5.41, 5.74) is 23.3. The van der Waals surface area contributed by atoms with E-state index in [0.29, 0.717) is 78.1 Å². The number of benzene rings is 12. The zero-order valence-electron chi connectivity index (χ0n) is 66.4. The van der Waals surface area contributed by atoms with E-state index in [9.17, 15) is 30.0 Å².